The quantitative estimate of drug-likeness (QED) is 0.818. The van der Waals surface area contributed by atoms with E-state index < -0.39 is 22.0 Å². The molecule has 3 rings (SSSR count). The van der Waals surface area contributed by atoms with E-state index in [1.807, 2.05) is 37.3 Å². The summed E-state index contributed by atoms with van der Waals surface area (Å²) in [7, 11) is -1.74. The highest BCUT2D eigenvalue weighted by Crippen LogP contribution is 2.25. The Morgan fingerprint density at radius 2 is 1.81 bits per heavy atom. The van der Waals surface area contributed by atoms with Crippen LogP contribution in [-0.2, 0) is 33.2 Å². The summed E-state index contributed by atoms with van der Waals surface area (Å²) in [6.07, 6.45) is 3.22. The molecule has 2 atom stereocenters. The molecule has 6 heteroatoms. The van der Waals surface area contributed by atoms with Gasteiger partial charge in [0.2, 0.25) is 11.8 Å². The van der Waals surface area contributed by atoms with Crippen LogP contribution in [0.15, 0.2) is 42.5 Å². The zero-order chi connectivity index (χ0) is 18.7. The number of benzene rings is 2. The molecule has 0 saturated heterocycles. The molecule has 2 amide bonds. The van der Waals surface area contributed by atoms with Crippen LogP contribution in [0.3, 0.4) is 0 Å². The Morgan fingerprint density at radius 3 is 2.50 bits per heavy atom. The summed E-state index contributed by atoms with van der Waals surface area (Å²) in [5, 5.41) is 1.77. The molecule has 0 spiro atoms. The van der Waals surface area contributed by atoms with Gasteiger partial charge >= 0.3 is 0 Å². The Labute approximate surface area is 155 Å². The molecular formula is C20H22N2O3S. The number of nitrogens with two attached hydrogens (primary N) is 1. The average Bonchev–Trinajstić information content (AvgIpc) is 3.04. The minimum absolute atomic E-state index is 0.279. The zero-order valence-corrected chi connectivity index (χ0v) is 15.5. The number of primary amides is 1. The summed E-state index contributed by atoms with van der Waals surface area (Å²) in [5.41, 5.74) is 10.3. The summed E-state index contributed by atoms with van der Waals surface area (Å²) in [6.45, 7) is 1.92. The Hall–Kier alpha value is -2.47. The normalized spacial score (nSPS) is 15.1. The topological polar surface area (TPSA) is 89.3 Å². The lowest BCUT2D eigenvalue weighted by atomic mass is 10.1. The van der Waals surface area contributed by atoms with Crippen LogP contribution < -0.4 is 11.1 Å². The maximum absolute atomic E-state index is 12.6. The molecular weight excluding hydrogens is 348 g/mol. The zero-order valence-electron chi connectivity index (χ0n) is 14.7. The number of hydrogen-bond donors (Lipinski definition) is 2. The fourth-order valence-electron chi connectivity index (χ4n) is 3.25. The first kappa shape index (κ1) is 18.3. The maximum atomic E-state index is 12.6. The van der Waals surface area contributed by atoms with Gasteiger partial charge in [0.15, 0.2) is 0 Å². The van der Waals surface area contributed by atoms with Crippen LogP contribution >= 0.6 is 0 Å². The number of nitrogens with one attached hydrogen (secondary N) is 1. The molecule has 1 aliphatic rings. The van der Waals surface area contributed by atoms with Crippen LogP contribution in [0.4, 0.5) is 5.69 Å². The van der Waals surface area contributed by atoms with Crippen LogP contribution in [0.1, 0.15) is 33.9 Å². The molecule has 5 nitrogen and oxygen atoms in total. The lowest BCUT2D eigenvalue weighted by molar-refractivity contribution is -0.117. The number of rotatable bonds is 6. The van der Waals surface area contributed by atoms with Gasteiger partial charge in [-0.1, -0.05) is 35.9 Å². The van der Waals surface area contributed by atoms with Crippen molar-refractivity contribution in [3.05, 3.63) is 64.7 Å². The first-order valence-electron chi connectivity index (χ1n) is 8.59. The third kappa shape index (κ3) is 4.19. The fraction of sp³-hybridized carbons (Fsp3) is 0.300. The van der Waals surface area contributed by atoms with Gasteiger partial charge in [-0.3, -0.25) is 13.8 Å². The first-order chi connectivity index (χ1) is 12.4. The highest BCUT2D eigenvalue weighted by molar-refractivity contribution is 7.86. The van der Waals surface area contributed by atoms with Gasteiger partial charge in [0.25, 0.3) is 0 Å². The Bertz CT molecular complexity index is 862. The number of fused-ring (bicyclic) bond motifs is 1. The molecule has 0 heterocycles. The third-order valence-electron chi connectivity index (χ3n) is 4.56. The van der Waals surface area contributed by atoms with Gasteiger partial charge in [0.05, 0.1) is 0 Å². The van der Waals surface area contributed by atoms with Crippen molar-refractivity contribution in [2.45, 2.75) is 31.4 Å². The number of carbonyl (C=O) groups excluding carboxylic acids is 2. The Morgan fingerprint density at radius 1 is 1.12 bits per heavy atom. The molecule has 0 radical (unpaired) electrons. The second-order valence-electron chi connectivity index (χ2n) is 6.60. The highest BCUT2D eigenvalue weighted by Gasteiger charge is 2.26. The average molecular weight is 370 g/mol. The molecule has 0 bridgehead atoms. The van der Waals surface area contributed by atoms with Gasteiger partial charge in [0.1, 0.15) is 11.0 Å². The smallest absolute Gasteiger partial charge is 0.237 e. The third-order valence-corrected chi connectivity index (χ3v) is 6.13. The van der Waals surface area contributed by atoms with Crippen LogP contribution in [0.2, 0.25) is 0 Å². The van der Waals surface area contributed by atoms with E-state index in [1.165, 1.54) is 11.1 Å². The standard InChI is InChI=1S/C20H22N2O3S/c1-13-5-7-15(8-6-13)19(20(21)24)26(25)12-18(23)22-17-10-9-14-3-2-4-16(14)11-17/h5-11,19H,2-4,12H2,1H3,(H2,21,24)(H,22,23). The molecule has 26 heavy (non-hydrogen) atoms. The van der Waals surface area contributed by atoms with Gasteiger partial charge in [-0.05, 0) is 55.0 Å². The number of carbonyl (C=O) groups is 2. The number of aryl methyl sites for hydroxylation is 3. The largest absolute Gasteiger partial charge is 0.368 e. The monoisotopic (exact) mass is 370 g/mol. The van der Waals surface area contributed by atoms with E-state index in [-0.39, 0.29) is 11.7 Å². The second kappa shape index (κ2) is 7.83. The Balaban J connectivity index is 1.68. The second-order valence-corrected chi connectivity index (χ2v) is 8.12. The summed E-state index contributed by atoms with van der Waals surface area (Å²) >= 11 is 0. The van der Waals surface area contributed by atoms with Gasteiger partial charge in [0, 0.05) is 16.5 Å². The first-order valence-corrected chi connectivity index (χ1v) is 9.97. The lowest BCUT2D eigenvalue weighted by Crippen LogP contribution is -2.30. The van der Waals surface area contributed by atoms with E-state index >= 15 is 0 Å². The minimum atomic E-state index is -1.74. The van der Waals surface area contributed by atoms with Crippen molar-refractivity contribution >= 4 is 28.3 Å². The van der Waals surface area contributed by atoms with Crippen LogP contribution in [-0.4, -0.2) is 21.8 Å². The van der Waals surface area contributed by atoms with Crippen molar-refractivity contribution in [3.8, 4) is 0 Å². The van der Waals surface area contributed by atoms with Crippen molar-refractivity contribution < 1.29 is 13.8 Å². The minimum Gasteiger partial charge on any atom is -0.368 e. The molecule has 0 saturated carbocycles. The van der Waals surface area contributed by atoms with Gasteiger partial charge in [-0.15, -0.1) is 0 Å². The van der Waals surface area contributed by atoms with E-state index in [0.717, 1.165) is 24.8 Å². The van der Waals surface area contributed by atoms with E-state index in [9.17, 15) is 13.8 Å². The molecule has 3 N–H and O–H groups in total. The molecule has 2 aromatic rings. The molecule has 0 fully saturated rings. The van der Waals surface area contributed by atoms with Gasteiger partial charge in [-0.2, -0.15) is 0 Å². The fourth-order valence-corrected chi connectivity index (χ4v) is 4.46. The van der Waals surface area contributed by atoms with Gasteiger partial charge in [-0.25, -0.2) is 0 Å². The van der Waals surface area contributed by atoms with Crippen LogP contribution in [0, 0.1) is 6.92 Å². The van der Waals surface area contributed by atoms with Crippen molar-refractivity contribution in [3.63, 3.8) is 0 Å². The van der Waals surface area contributed by atoms with E-state index in [2.05, 4.69) is 5.32 Å². The highest BCUT2D eigenvalue weighted by atomic mass is 32.2. The predicted molar refractivity (Wildman–Crippen MR) is 103 cm³/mol. The van der Waals surface area contributed by atoms with Crippen LogP contribution in [0.5, 0.6) is 0 Å². The summed E-state index contributed by atoms with van der Waals surface area (Å²) in [4.78, 5) is 24.1. The molecule has 2 aromatic carbocycles. The van der Waals surface area contributed by atoms with E-state index in [4.69, 9.17) is 5.73 Å². The number of anilines is 1. The summed E-state index contributed by atoms with van der Waals surface area (Å²) < 4.78 is 12.6. The van der Waals surface area contributed by atoms with E-state index in [1.54, 1.807) is 12.1 Å². The summed E-state index contributed by atoms with van der Waals surface area (Å²) in [6, 6.07) is 12.9. The lowest BCUT2D eigenvalue weighted by Gasteiger charge is -2.14. The van der Waals surface area contributed by atoms with Crippen LogP contribution in [0.25, 0.3) is 0 Å². The van der Waals surface area contributed by atoms with Crippen molar-refractivity contribution in [1.29, 1.82) is 0 Å². The summed E-state index contributed by atoms with van der Waals surface area (Å²) in [5.74, 6) is -1.37. The maximum Gasteiger partial charge on any atom is 0.237 e. The number of amides is 2. The van der Waals surface area contributed by atoms with Crippen molar-refractivity contribution in [2.75, 3.05) is 11.1 Å². The predicted octanol–water partition coefficient (Wildman–Crippen LogP) is 2.40. The number of hydrogen-bond acceptors (Lipinski definition) is 3. The molecule has 136 valence electrons. The molecule has 1 aliphatic carbocycles. The SMILES string of the molecule is Cc1ccc(C(C(N)=O)S(=O)CC(=O)Nc2ccc3c(c2)CCC3)cc1. The van der Waals surface area contributed by atoms with Crippen molar-refractivity contribution in [2.24, 2.45) is 5.73 Å². The van der Waals surface area contributed by atoms with E-state index in [0.29, 0.717) is 11.3 Å². The van der Waals surface area contributed by atoms with Gasteiger partial charge < -0.3 is 11.1 Å². The molecule has 0 aliphatic heterocycles. The van der Waals surface area contributed by atoms with Crippen molar-refractivity contribution in [1.82, 2.24) is 0 Å². The molecule has 0 aromatic heterocycles. The molecule has 2 unspecified atom stereocenters. The Kier molecular flexibility index (Phi) is 5.52.